The maximum absolute atomic E-state index is 15.5. The van der Waals surface area contributed by atoms with E-state index in [4.69, 9.17) is 10.00 Å². The molecule has 5 rings (SSSR count). The molecule has 190 valence electrons. The summed E-state index contributed by atoms with van der Waals surface area (Å²) in [5.41, 5.74) is -0.513. The number of nitrogens with one attached hydrogen (secondary N) is 1. The maximum Gasteiger partial charge on any atom is 0.329 e. The van der Waals surface area contributed by atoms with Crippen LogP contribution in [0.3, 0.4) is 0 Å². The highest BCUT2D eigenvalue weighted by molar-refractivity contribution is 5.91. The molecule has 2 heterocycles. The number of aromatic amines is 1. The van der Waals surface area contributed by atoms with Crippen LogP contribution < -0.4 is 20.9 Å². The Hall–Kier alpha value is -3.37. The van der Waals surface area contributed by atoms with Crippen molar-refractivity contribution in [1.29, 1.82) is 10.5 Å². The molecule has 0 amide bonds. The number of ether oxygens (including phenoxy) is 1. The van der Waals surface area contributed by atoms with Gasteiger partial charge in [0.1, 0.15) is 11.2 Å². The molecule has 2 aromatic rings. The standard InChI is InChI=1S/C26H31FN6O3/c1-3-32(17(8-12-29)5-4-11-28)26(9-10-26)16-14-31(15-16)22-20(27)13-19-21(23(22)36-2)33(18-6-7-18)25(35)30-24(19)34/h13,16-18H,3-10,14-15H2,1-2H3,(H,30,34,35). The van der Waals surface area contributed by atoms with Crippen molar-refractivity contribution in [3.8, 4) is 17.9 Å². The summed E-state index contributed by atoms with van der Waals surface area (Å²) in [6, 6.07) is 5.71. The van der Waals surface area contributed by atoms with Crippen molar-refractivity contribution in [3.05, 3.63) is 32.7 Å². The van der Waals surface area contributed by atoms with Crippen LogP contribution in [-0.2, 0) is 0 Å². The first-order valence-electron chi connectivity index (χ1n) is 12.7. The Kier molecular flexibility index (Phi) is 6.25. The number of aromatic nitrogens is 2. The first-order chi connectivity index (χ1) is 17.4. The van der Waals surface area contributed by atoms with Crippen molar-refractivity contribution in [2.45, 2.75) is 69.5 Å². The maximum atomic E-state index is 15.5. The Morgan fingerprint density at radius 2 is 2.00 bits per heavy atom. The molecule has 1 unspecified atom stereocenters. The van der Waals surface area contributed by atoms with Gasteiger partial charge in [-0.2, -0.15) is 10.5 Å². The number of nitrogens with zero attached hydrogens (tertiary/aromatic N) is 5. The lowest BCUT2D eigenvalue weighted by atomic mass is 9.85. The smallest absolute Gasteiger partial charge is 0.329 e. The topological polar surface area (TPSA) is 118 Å². The molecule has 1 N–H and O–H groups in total. The van der Waals surface area contributed by atoms with Gasteiger partial charge in [-0.3, -0.25) is 19.2 Å². The first kappa shape index (κ1) is 24.3. The summed E-state index contributed by atoms with van der Waals surface area (Å²) in [6.45, 7) is 4.11. The fraction of sp³-hybridized carbons (Fsp3) is 0.615. The van der Waals surface area contributed by atoms with Crippen LogP contribution in [0.2, 0.25) is 0 Å². The minimum atomic E-state index is -0.617. The van der Waals surface area contributed by atoms with Gasteiger partial charge >= 0.3 is 5.69 Å². The molecule has 1 aromatic heterocycles. The van der Waals surface area contributed by atoms with Crippen LogP contribution in [0, 0.1) is 34.4 Å². The van der Waals surface area contributed by atoms with Crippen molar-refractivity contribution in [2.75, 3.05) is 31.6 Å². The summed E-state index contributed by atoms with van der Waals surface area (Å²) in [5.74, 6) is -0.0321. The molecule has 2 aliphatic carbocycles. The summed E-state index contributed by atoms with van der Waals surface area (Å²) >= 11 is 0. The number of nitriles is 2. The quantitative estimate of drug-likeness (QED) is 0.539. The molecule has 2 saturated carbocycles. The first-order valence-corrected chi connectivity index (χ1v) is 12.7. The predicted molar refractivity (Wildman–Crippen MR) is 133 cm³/mol. The van der Waals surface area contributed by atoms with E-state index in [0.717, 1.165) is 32.2 Å². The Morgan fingerprint density at radius 1 is 1.28 bits per heavy atom. The molecule has 1 aliphatic heterocycles. The van der Waals surface area contributed by atoms with E-state index < -0.39 is 17.1 Å². The van der Waals surface area contributed by atoms with Crippen molar-refractivity contribution in [1.82, 2.24) is 14.5 Å². The summed E-state index contributed by atoms with van der Waals surface area (Å²) in [5, 5.41) is 18.6. The van der Waals surface area contributed by atoms with Crippen LogP contribution >= 0.6 is 0 Å². The number of benzene rings is 1. The van der Waals surface area contributed by atoms with E-state index in [-0.39, 0.29) is 40.4 Å². The van der Waals surface area contributed by atoms with Crippen LogP contribution in [0.4, 0.5) is 10.1 Å². The van der Waals surface area contributed by atoms with Crippen molar-refractivity contribution >= 4 is 16.6 Å². The third-order valence-corrected chi connectivity index (χ3v) is 8.21. The van der Waals surface area contributed by atoms with Crippen molar-refractivity contribution in [2.24, 2.45) is 5.92 Å². The summed E-state index contributed by atoms with van der Waals surface area (Å²) in [7, 11) is 1.45. The number of rotatable bonds is 10. The lowest BCUT2D eigenvalue weighted by molar-refractivity contribution is 0.0616. The van der Waals surface area contributed by atoms with Gasteiger partial charge in [0, 0.05) is 43.1 Å². The zero-order chi connectivity index (χ0) is 25.6. The molecule has 10 heteroatoms. The molecule has 1 aromatic carbocycles. The van der Waals surface area contributed by atoms with E-state index in [2.05, 4.69) is 28.9 Å². The van der Waals surface area contributed by atoms with E-state index >= 15 is 4.39 Å². The summed E-state index contributed by atoms with van der Waals surface area (Å²) in [6.07, 6.45) is 5.15. The highest BCUT2D eigenvalue weighted by Gasteiger charge is 2.58. The van der Waals surface area contributed by atoms with Crippen LogP contribution in [0.15, 0.2) is 15.7 Å². The molecule has 3 aliphatic rings. The number of hydrogen-bond acceptors (Lipinski definition) is 7. The fourth-order valence-electron chi connectivity index (χ4n) is 6.21. The monoisotopic (exact) mass is 494 g/mol. The highest BCUT2D eigenvalue weighted by atomic mass is 19.1. The second kappa shape index (κ2) is 9.25. The molecule has 0 bridgehead atoms. The van der Waals surface area contributed by atoms with Crippen LogP contribution in [-0.4, -0.2) is 52.8 Å². The fourth-order valence-corrected chi connectivity index (χ4v) is 6.21. The molecule has 3 fully saturated rings. The molecule has 1 atom stereocenters. The third-order valence-electron chi connectivity index (χ3n) is 8.21. The molecule has 9 nitrogen and oxygen atoms in total. The van der Waals surface area contributed by atoms with Gasteiger partial charge in [-0.05, 0) is 44.7 Å². The Bertz CT molecular complexity index is 1370. The molecule has 36 heavy (non-hydrogen) atoms. The van der Waals surface area contributed by atoms with Gasteiger partial charge in [0.05, 0.1) is 31.1 Å². The number of hydrogen-bond donors (Lipinski definition) is 1. The minimum absolute atomic E-state index is 0.0217. The van der Waals surface area contributed by atoms with E-state index in [9.17, 15) is 14.9 Å². The van der Waals surface area contributed by atoms with Gasteiger partial charge < -0.3 is 9.64 Å². The normalized spacial score (nSPS) is 19.6. The van der Waals surface area contributed by atoms with Crippen LogP contribution in [0.5, 0.6) is 5.75 Å². The van der Waals surface area contributed by atoms with E-state index in [1.807, 2.05) is 4.90 Å². The SMILES string of the molecule is CCN(C(CC#N)CCC#N)C1(C2CN(c3c(F)cc4c(=O)[nH]c(=O)n(C5CC5)c4c3OC)C2)CC1. The zero-order valence-electron chi connectivity index (χ0n) is 20.7. The third kappa shape index (κ3) is 3.84. The van der Waals surface area contributed by atoms with E-state index in [0.29, 0.717) is 37.9 Å². The molecule has 0 spiro atoms. The van der Waals surface area contributed by atoms with Crippen LogP contribution in [0.25, 0.3) is 10.9 Å². The summed E-state index contributed by atoms with van der Waals surface area (Å²) in [4.78, 5) is 31.8. The lowest BCUT2D eigenvalue weighted by Gasteiger charge is -2.50. The predicted octanol–water partition coefficient (Wildman–Crippen LogP) is 3.05. The van der Waals surface area contributed by atoms with Gasteiger partial charge in [0.25, 0.3) is 5.56 Å². The Balaban J connectivity index is 1.47. The molecular weight excluding hydrogens is 463 g/mol. The van der Waals surface area contributed by atoms with Gasteiger partial charge in [0.15, 0.2) is 11.6 Å². The van der Waals surface area contributed by atoms with Crippen molar-refractivity contribution in [3.63, 3.8) is 0 Å². The average molecular weight is 495 g/mol. The van der Waals surface area contributed by atoms with Gasteiger partial charge in [-0.25, -0.2) is 9.18 Å². The second-order valence-corrected chi connectivity index (χ2v) is 10.2. The average Bonchev–Trinajstić information content (AvgIpc) is 3.74. The Morgan fingerprint density at radius 3 is 2.56 bits per heavy atom. The van der Waals surface area contributed by atoms with Crippen LogP contribution in [0.1, 0.15) is 57.9 Å². The molecule has 0 radical (unpaired) electrons. The number of anilines is 1. The van der Waals surface area contributed by atoms with E-state index in [1.54, 1.807) is 4.57 Å². The highest BCUT2D eigenvalue weighted by Crippen LogP contribution is 2.54. The van der Waals surface area contributed by atoms with Gasteiger partial charge in [-0.15, -0.1) is 0 Å². The summed E-state index contributed by atoms with van der Waals surface area (Å²) < 4.78 is 22.7. The number of methoxy groups -OCH3 is 1. The number of fused-ring (bicyclic) bond motifs is 1. The van der Waals surface area contributed by atoms with Gasteiger partial charge in [-0.1, -0.05) is 6.92 Å². The second-order valence-electron chi connectivity index (χ2n) is 10.2. The zero-order valence-corrected chi connectivity index (χ0v) is 20.7. The lowest BCUT2D eigenvalue weighted by Crippen LogP contribution is -2.60. The van der Waals surface area contributed by atoms with Crippen molar-refractivity contribution < 1.29 is 9.13 Å². The largest absolute Gasteiger partial charge is 0.492 e. The molecular formula is C26H31FN6O3. The molecule has 1 saturated heterocycles. The minimum Gasteiger partial charge on any atom is -0.492 e. The van der Waals surface area contributed by atoms with E-state index in [1.165, 1.54) is 13.2 Å². The number of H-pyrrole nitrogens is 1. The Labute approximate surface area is 208 Å². The number of halogens is 1. The van der Waals surface area contributed by atoms with Gasteiger partial charge in [0.2, 0.25) is 0 Å².